The molecule has 0 aliphatic carbocycles. The van der Waals surface area contributed by atoms with Gasteiger partial charge in [0.2, 0.25) is 5.91 Å². The first-order valence-corrected chi connectivity index (χ1v) is 9.13. The Bertz CT molecular complexity index is 1010. The Hall–Kier alpha value is -2.95. The van der Waals surface area contributed by atoms with Crippen molar-refractivity contribution in [3.8, 4) is 0 Å². The van der Waals surface area contributed by atoms with E-state index in [-0.39, 0.29) is 17.6 Å². The van der Waals surface area contributed by atoms with Crippen molar-refractivity contribution in [2.24, 2.45) is 0 Å². The molecule has 1 fully saturated rings. The van der Waals surface area contributed by atoms with Crippen molar-refractivity contribution in [2.75, 3.05) is 6.54 Å². The summed E-state index contributed by atoms with van der Waals surface area (Å²) in [4.78, 5) is 19.2. The monoisotopic (exact) mass is 363 g/mol. The maximum atomic E-state index is 13.1. The number of rotatable bonds is 5. The highest BCUT2D eigenvalue weighted by Gasteiger charge is 2.33. The Kier molecular flexibility index (Phi) is 4.52. The molecule has 0 unspecified atom stereocenters. The zero-order valence-corrected chi connectivity index (χ0v) is 15.4. The number of carbonyl (C=O) groups is 1. The number of carbonyl (C=O) groups excluding carboxylic acids is 1. The minimum Gasteiger partial charge on any atom is -0.338 e. The number of hydrogen-bond donors (Lipinski definition) is 0. The molecule has 1 aliphatic heterocycles. The third kappa shape index (κ3) is 3.50. The lowest BCUT2D eigenvalue weighted by molar-refractivity contribution is -0.128. The molecule has 4 nitrogen and oxygen atoms in total. The van der Waals surface area contributed by atoms with Crippen LogP contribution in [-0.4, -0.2) is 26.9 Å². The predicted molar refractivity (Wildman–Crippen MR) is 104 cm³/mol. The molecule has 1 aliphatic rings. The molecule has 1 saturated heterocycles. The first kappa shape index (κ1) is 17.5. The number of fused-ring (bicyclic) bond motifs is 1. The van der Waals surface area contributed by atoms with Gasteiger partial charge in [-0.15, -0.1) is 0 Å². The number of amides is 1. The van der Waals surface area contributed by atoms with E-state index in [1.165, 1.54) is 12.1 Å². The van der Waals surface area contributed by atoms with Gasteiger partial charge in [-0.1, -0.05) is 36.4 Å². The Morgan fingerprint density at radius 2 is 1.96 bits per heavy atom. The lowest BCUT2D eigenvalue weighted by Gasteiger charge is -2.17. The Balaban J connectivity index is 1.61. The van der Waals surface area contributed by atoms with Gasteiger partial charge >= 0.3 is 0 Å². The van der Waals surface area contributed by atoms with Crippen LogP contribution in [0.1, 0.15) is 30.7 Å². The van der Waals surface area contributed by atoms with Crippen LogP contribution in [0.4, 0.5) is 4.39 Å². The van der Waals surface area contributed by atoms with Gasteiger partial charge in [-0.3, -0.25) is 4.79 Å². The number of nitrogens with zero attached hydrogens (tertiary/aromatic N) is 3. The molecule has 0 saturated carbocycles. The third-order valence-electron chi connectivity index (χ3n) is 4.98. The summed E-state index contributed by atoms with van der Waals surface area (Å²) in [7, 11) is 0. The number of likely N-dealkylation sites (tertiary alicyclic amines) is 1. The molecule has 2 heterocycles. The molecular weight excluding hydrogens is 341 g/mol. The van der Waals surface area contributed by atoms with Gasteiger partial charge in [-0.25, -0.2) is 9.37 Å². The molecule has 138 valence electrons. The number of benzene rings is 2. The van der Waals surface area contributed by atoms with Crippen LogP contribution in [0.3, 0.4) is 0 Å². The van der Waals surface area contributed by atoms with E-state index in [4.69, 9.17) is 4.98 Å². The van der Waals surface area contributed by atoms with Gasteiger partial charge in [0.25, 0.3) is 0 Å². The Morgan fingerprint density at radius 3 is 2.70 bits per heavy atom. The molecule has 1 amide bonds. The molecule has 4 rings (SSSR count). The average molecular weight is 363 g/mol. The lowest BCUT2D eigenvalue weighted by Crippen LogP contribution is -2.24. The van der Waals surface area contributed by atoms with Crippen LogP contribution in [0.15, 0.2) is 60.7 Å². The van der Waals surface area contributed by atoms with Crippen molar-refractivity contribution in [1.29, 1.82) is 0 Å². The van der Waals surface area contributed by atoms with Crippen molar-refractivity contribution in [1.82, 2.24) is 14.5 Å². The highest BCUT2D eigenvalue weighted by molar-refractivity contribution is 5.81. The average Bonchev–Trinajstić information content (AvgIpc) is 3.18. The molecule has 1 atom stereocenters. The summed E-state index contributed by atoms with van der Waals surface area (Å²) >= 11 is 0. The number of aromatic nitrogens is 2. The van der Waals surface area contributed by atoms with Crippen molar-refractivity contribution >= 4 is 16.9 Å². The molecular formula is C22H22FN3O. The Labute approximate surface area is 157 Å². The minimum absolute atomic E-state index is 0.0460. The second kappa shape index (κ2) is 6.99. The van der Waals surface area contributed by atoms with Gasteiger partial charge in [0.15, 0.2) is 0 Å². The van der Waals surface area contributed by atoms with E-state index in [1.54, 1.807) is 12.1 Å². The predicted octanol–water partition coefficient (Wildman–Crippen LogP) is 4.27. The number of allylic oxidation sites excluding steroid dienone is 1. The van der Waals surface area contributed by atoms with Crippen molar-refractivity contribution in [3.05, 3.63) is 77.9 Å². The molecule has 0 radical (unpaired) electrons. The maximum absolute atomic E-state index is 13.1. The SMILES string of the molecule is C=C(C)Cn1c([C@H]2CC(=O)N(Cc3ccc(F)cc3)C2)nc2ccccc21. The van der Waals surface area contributed by atoms with Gasteiger partial charge in [-0.2, -0.15) is 0 Å². The summed E-state index contributed by atoms with van der Waals surface area (Å²) in [6, 6.07) is 14.4. The first-order chi connectivity index (χ1) is 13.0. The number of halogens is 1. The lowest BCUT2D eigenvalue weighted by atomic mass is 10.1. The molecule has 3 aromatic rings. The molecule has 2 aromatic carbocycles. The van der Waals surface area contributed by atoms with Crippen LogP contribution in [0.5, 0.6) is 0 Å². The van der Waals surface area contributed by atoms with E-state index >= 15 is 0 Å². The summed E-state index contributed by atoms with van der Waals surface area (Å²) in [6.45, 7) is 7.85. The molecule has 0 bridgehead atoms. The van der Waals surface area contributed by atoms with Crippen LogP contribution in [-0.2, 0) is 17.9 Å². The van der Waals surface area contributed by atoms with Crippen molar-refractivity contribution in [3.63, 3.8) is 0 Å². The van der Waals surface area contributed by atoms with E-state index < -0.39 is 0 Å². The van der Waals surface area contributed by atoms with Crippen LogP contribution in [0, 0.1) is 5.82 Å². The number of para-hydroxylation sites is 2. The smallest absolute Gasteiger partial charge is 0.223 e. The van der Waals surface area contributed by atoms with E-state index in [0.717, 1.165) is 28.0 Å². The van der Waals surface area contributed by atoms with Gasteiger partial charge in [-0.05, 0) is 36.8 Å². The molecule has 1 aromatic heterocycles. The highest BCUT2D eigenvalue weighted by atomic mass is 19.1. The number of hydrogen-bond acceptors (Lipinski definition) is 2. The van der Waals surface area contributed by atoms with Gasteiger partial charge in [0, 0.05) is 32.0 Å². The zero-order chi connectivity index (χ0) is 19.0. The molecule has 0 spiro atoms. The number of imidazole rings is 1. The molecule has 5 heteroatoms. The van der Waals surface area contributed by atoms with Crippen LogP contribution in [0.25, 0.3) is 11.0 Å². The highest BCUT2D eigenvalue weighted by Crippen LogP contribution is 2.31. The van der Waals surface area contributed by atoms with Gasteiger partial charge in [0.1, 0.15) is 11.6 Å². The van der Waals surface area contributed by atoms with Crippen molar-refractivity contribution in [2.45, 2.75) is 32.4 Å². The topological polar surface area (TPSA) is 38.1 Å². The summed E-state index contributed by atoms with van der Waals surface area (Å²) in [5.41, 5.74) is 3.99. The first-order valence-electron chi connectivity index (χ1n) is 9.13. The van der Waals surface area contributed by atoms with E-state index in [1.807, 2.05) is 30.0 Å². The fraction of sp³-hybridized carbons (Fsp3) is 0.273. The summed E-state index contributed by atoms with van der Waals surface area (Å²) < 4.78 is 15.3. The van der Waals surface area contributed by atoms with E-state index in [2.05, 4.69) is 17.2 Å². The second-order valence-corrected chi connectivity index (χ2v) is 7.30. The fourth-order valence-electron chi connectivity index (χ4n) is 3.75. The van der Waals surface area contributed by atoms with E-state index in [0.29, 0.717) is 26.1 Å². The maximum Gasteiger partial charge on any atom is 0.223 e. The second-order valence-electron chi connectivity index (χ2n) is 7.30. The standard InChI is InChI=1S/C22H22FN3O/c1-15(2)12-26-20-6-4-3-5-19(20)24-22(26)17-11-21(27)25(14-17)13-16-7-9-18(23)10-8-16/h3-10,17H,1,11-14H2,2H3/t17-/m0/s1. The van der Waals surface area contributed by atoms with Gasteiger partial charge in [0.05, 0.1) is 11.0 Å². The van der Waals surface area contributed by atoms with Crippen LogP contribution >= 0.6 is 0 Å². The fourth-order valence-corrected chi connectivity index (χ4v) is 3.75. The van der Waals surface area contributed by atoms with Crippen LogP contribution < -0.4 is 0 Å². The Morgan fingerprint density at radius 1 is 1.22 bits per heavy atom. The molecule has 27 heavy (non-hydrogen) atoms. The quantitative estimate of drug-likeness (QED) is 0.635. The van der Waals surface area contributed by atoms with Crippen LogP contribution in [0.2, 0.25) is 0 Å². The summed E-state index contributed by atoms with van der Waals surface area (Å²) in [6.07, 6.45) is 0.445. The zero-order valence-electron chi connectivity index (χ0n) is 15.4. The molecule has 0 N–H and O–H groups in total. The minimum atomic E-state index is -0.266. The third-order valence-corrected chi connectivity index (χ3v) is 4.98. The normalized spacial score (nSPS) is 17.0. The largest absolute Gasteiger partial charge is 0.338 e. The summed E-state index contributed by atoms with van der Waals surface area (Å²) in [5, 5.41) is 0. The van der Waals surface area contributed by atoms with Gasteiger partial charge < -0.3 is 9.47 Å². The van der Waals surface area contributed by atoms with E-state index in [9.17, 15) is 9.18 Å². The van der Waals surface area contributed by atoms with Crippen molar-refractivity contribution < 1.29 is 9.18 Å². The summed E-state index contributed by atoms with van der Waals surface area (Å²) in [5.74, 6) is 0.829.